The van der Waals surface area contributed by atoms with Gasteiger partial charge in [-0.05, 0) is 34.3 Å². The Kier molecular flexibility index (Phi) is 3.79. The molecule has 1 atom stereocenters. The summed E-state index contributed by atoms with van der Waals surface area (Å²) < 4.78 is 0. The van der Waals surface area contributed by atoms with Gasteiger partial charge in [0.1, 0.15) is 0 Å². The summed E-state index contributed by atoms with van der Waals surface area (Å²) in [6.07, 6.45) is 1.18. The third-order valence-electron chi connectivity index (χ3n) is 5.12. The van der Waals surface area contributed by atoms with E-state index in [4.69, 9.17) is 0 Å². The van der Waals surface area contributed by atoms with E-state index in [9.17, 15) is 0 Å². The molecule has 0 saturated carbocycles. The van der Waals surface area contributed by atoms with Crippen LogP contribution in [0, 0.1) is 16.7 Å². The van der Waals surface area contributed by atoms with Gasteiger partial charge in [0.2, 0.25) is 0 Å². The normalized spacial score (nSPS) is 21.7. The fraction of sp³-hybridized carbons (Fsp3) is 0.667. The number of benzene rings is 1. The van der Waals surface area contributed by atoms with E-state index < -0.39 is 0 Å². The third kappa shape index (κ3) is 2.86. The quantitative estimate of drug-likeness (QED) is 0.834. The summed E-state index contributed by atoms with van der Waals surface area (Å²) >= 11 is 0. The molecular weight excluding hydrogens is 230 g/mol. The van der Waals surface area contributed by atoms with Crippen LogP contribution in [-0.2, 0) is 6.42 Å². The topological polar surface area (TPSA) is 12.0 Å². The molecule has 0 bridgehead atoms. The highest BCUT2D eigenvalue weighted by molar-refractivity contribution is 5.37. The van der Waals surface area contributed by atoms with Crippen molar-refractivity contribution in [2.45, 2.75) is 54.0 Å². The van der Waals surface area contributed by atoms with Gasteiger partial charge in [-0.15, -0.1) is 0 Å². The second kappa shape index (κ2) is 4.94. The van der Waals surface area contributed by atoms with E-state index in [1.165, 1.54) is 17.5 Å². The van der Waals surface area contributed by atoms with Crippen LogP contribution in [0.5, 0.6) is 0 Å². The maximum atomic E-state index is 3.85. The van der Waals surface area contributed by atoms with Crippen LogP contribution in [-0.4, -0.2) is 6.54 Å². The van der Waals surface area contributed by atoms with Gasteiger partial charge in [0.05, 0.1) is 0 Å². The molecule has 19 heavy (non-hydrogen) atoms. The Morgan fingerprint density at radius 3 is 2.53 bits per heavy atom. The van der Waals surface area contributed by atoms with Crippen molar-refractivity contribution in [3.05, 3.63) is 35.4 Å². The van der Waals surface area contributed by atoms with Crippen molar-refractivity contribution in [3.8, 4) is 0 Å². The van der Waals surface area contributed by atoms with Gasteiger partial charge in [0.15, 0.2) is 0 Å². The molecule has 1 aromatic carbocycles. The molecule has 1 unspecified atom stereocenters. The molecule has 1 aromatic rings. The van der Waals surface area contributed by atoms with Gasteiger partial charge in [-0.2, -0.15) is 0 Å². The van der Waals surface area contributed by atoms with E-state index in [1.807, 2.05) is 0 Å². The Bertz CT molecular complexity index is 443. The Hall–Kier alpha value is -0.820. The van der Waals surface area contributed by atoms with Gasteiger partial charge in [-0.3, -0.25) is 0 Å². The molecule has 0 aliphatic heterocycles. The second-order valence-corrected chi connectivity index (χ2v) is 7.82. The molecule has 0 aromatic heterocycles. The van der Waals surface area contributed by atoms with Crippen molar-refractivity contribution in [1.29, 1.82) is 0 Å². The fourth-order valence-corrected chi connectivity index (χ4v) is 2.95. The second-order valence-electron chi connectivity index (χ2n) is 7.82. The maximum Gasteiger partial charge on any atom is 0.0377 e. The van der Waals surface area contributed by atoms with Crippen molar-refractivity contribution in [2.75, 3.05) is 6.54 Å². The van der Waals surface area contributed by atoms with E-state index in [-0.39, 0.29) is 0 Å². The van der Waals surface area contributed by atoms with Crippen LogP contribution in [0.25, 0.3) is 0 Å². The molecule has 1 heteroatoms. The molecular formula is C18H29N. The molecule has 106 valence electrons. The van der Waals surface area contributed by atoms with E-state index in [0.29, 0.717) is 22.8 Å². The average molecular weight is 259 g/mol. The van der Waals surface area contributed by atoms with Gasteiger partial charge >= 0.3 is 0 Å². The van der Waals surface area contributed by atoms with Crippen LogP contribution in [0.1, 0.15) is 58.7 Å². The number of rotatable bonds is 4. The first-order chi connectivity index (χ1) is 8.74. The molecule has 0 radical (unpaired) electrons. The average Bonchev–Trinajstić information content (AvgIpc) is 2.56. The largest absolute Gasteiger partial charge is 0.309 e. The van der Waals surface area contributed by atoms with E-state index >= 15 is 0 Å². The molecule has 0 fully saturated rings. The molecule has 0 heterocycles. The van der Waals surface area contributed by atoms with Crippen LogP contribution in [0.3, 0.4) is 0 Å². The van der Waals surface area contributed by atoms with Crippen molar-refractivity contribution >= 4 is 0 Å². The minimum atomic E-state index is 0.316. The van der Waals surface area contributed by atoms with E-state index in [2.05, 4.69) is 71.1 Å². The Balaban J connectivity index is 2.16. The fourth-order valence-electron chi connectivity index (χ4n) is 2.95. The number of nitrogens with one attached hydrogen (secondary N) is 1. The van der Waals surface area contributed by atoms with Crippen molar-refractivity contribution in [2.24, 2.45) is 16.7 Å². The minimum Gasteiger partial charge on any atom is -0.309 e. The maximum absolute atomic E-state index is 3.85. The zero-order chi connectivity index (χ0) is 14.3. The van der Waals surface area contributed by atoms with Gasteiger partial charge < -0.3 is 5.32 Å². The summed E-state index contributed by atoms with van der Waals surface area (Å²) in [5, 5.41) is 3.85. The highest BCUT2D eigenvalue weighted by atomic mass is 15.0. The lowest BCUT2D eigenvalue weighted by Crippen LogP contribution is -2.39. The minimum absolute atomic E-state index is 0.316. The zero-order valence-electron chi connectivity index (χ0n) is 13.4. The molecule has 1 aliphatic carbocycles. The van der Waals surface area contributed by atoms with E-state index in [1.54, 1.807) is 0 Å². The molecule has 2 rings (SSSR count). The third-order valence-corrected chi connectivity index (χ3v) is 5.12. The first kappa shape index (κ1) is 14.6. The molecule has 0 amide bonds. The monoisotopic (exact) mass is 259 g/mol. The summed E-state index contributed by atoms with van der Waals surface area (Å²) in [5.41, 5.74) is 3.68. The predicted octanol–water partition coefficient (Wildman–Crippen LogP) is 4.58. The summed E-state index contributed by atoms with van der Waals surface area (Å²) in [5.74, 6) is 0.694. The first-order valence-corrected chi connectivity index (χ1v) is 7.55. The predicted molar refractivity (Wildman–Crippen MR) is 83.3 cm³/mol. The molecule has 1 N–H and O–H groups in total. The number of hydrogen-bond acceptors (Lipinski definition) is 1. The SMILES string of the molecule is CC(C)C(C)(C)CNC1c2ccccc2CC1(C)C. The molecule has 0 spiro atoms. The lowest BCUT2D eigenvalue weighted by atomic mass is 9.79. The smallest absolute Gasteiger partial charge is 0.0377 e. The lowest BCUT2D eigenvalue weighted by molar-refractivity contribution is 0.192. The van der Waals surface area contributed by atoms with Crippen molar-refractivity contribution in [3.63, 3.8) is 0 Å². The van der Waals surface area contributed by atoms with Crippen molar-refractivity contribution in [1.82, 2.24) is 5.32 Å². The van der Waals surface area contributed by atoms with Gasteiger partial charge in [-0.25, -0.2) is 0 Å². The van der Waals surface area contributed by atoms with Crippen LogP contribution in [0.2, 0.25) is 0 Å². The highest BCUT2D eigenvalue weighted by Crippen LogP contribution is 2.45. The van der Waals surface area contributed by atoms with Gasteiger partial charge in [-0.1, -0.05) is 65.8 Å². The molecule has 1 aliphatic rings. The zero-order valence-corrected chi connectivity index (χ0v) is 13.4. The van der Waals surface area contributed by atoms with Crippen LogP contribution >= 0.6 is 0 Å². The van der Waals surface area contributed by atoms with Gasteiger partial charge in [0, 0.05) is 12.6 Å². The summed E-state index contributed by atoms with van der Waals surface area (Å²) in [4.78, 5) is 0. The van der Waals surface area contributed by atoms with Gasteiger partial charge in [0.25, 0.3) is 0 Å². The Labute approximate surface area is 118 Å². The summed E-state index contributed by atoms with van der Waals surface area (Å²) in [7, 11) is 0. The first-order valence-electron chi connectivity index (χ1n) is 7.55. The lowest BCUT2D eigenvalue weighted by Gasteiger charge is -2.35. The van der Waals surface area contributed by atoms with Crippen LogP contribution in [0.4, 0.5) is 0 Å². The highest BCUT2D eigenvalue weighted by Gasteiger charge is 2.39. The summed E-state index contributed by atoms with van der Waals surface area (Å²) in [6.45, 7) is 15.2. The Morgan fingerprint density at radius 2 is 1.89 bits per heavy atom. The van der Waals surface area contributed by atoms with Crippen LogP contribution in [0.15, 0.2) is 24.3 Å². The number of hydrogen-bond donors (Lipinski definition) is 1. The van der Waals surface area contributed by atoms with E-state index in [0.717, 1.165) is 6.54 Å². The Morgan fingerprint density at radius 1 is 1.26 bits per heavy atom. The molecule has 1 nitrogen and oxygen atoms in total. The summed E-state index contributed by atoms with van der Waals surface area (Å²) in [6, 6.07) is 9.40. The number of fused-ring (bicyclic) bond motifs is 1. The molecule has 0 saturated heterocycles. The van der Waals surface area contributed by atoms with Crippen molar-refractivity contribution < 1.29 is 0 Å². The standard InChI is InChI=1S/C18H29N/c1-13(2)18(5,6)12-19-16-15-10-8-7-9-14(15)11-17(16,3)4/h7-10,13,16,19H,11-12H2,1-6H3. The van der Waals surface area contributed by atoms with Crippen LogP contribution < -0.4 is 5.32 Å².